The van der Waals surface area contributed by atoms with Gasteiger partial charge in [-0.1, -0.05) is 0 Å². The second-order valence-electron chi connectivity index (χ2n) is 5.11. The molecule has 0 amide bonds. The fourth-order valence-electron chi connectivity index (χ4n) is 2.27. The number of nitrogens with zero attached hydrogens (tertiary/aromatic N) is 3. The molecule has 2 aromatic heterocycles. The van der Waals surface area contributed by atoms with Crippen LogP contribution in [-0.4, -0.2) is 34.6 Å². The van der Waals surface area contributed by atoms with E-state index >= 15 is 0 Å². The summed E-state index contributed by atoms with van der Waals surface area (Å²) >= 11 is 0. The highest BCUT2D eigenvalue weighted by Gasteiger charge is 2.09. The standard InChI is InChI=1S/C18H17N3O4/c1-3-24-18(22)9-17-20-10-13(11-21-17)25-16-6-7-19-15-8-12(23-2)4-5-14(15)16/h4-8,10-11H,3,9H2,1-2H3. The Morgan fingerprint density at radius 2 is 1.88 bits per heavy atom. The van der Waals surface area contributed by atoms with Crippen molar-refractivity contribution in [2.45, 2.75) is 13.3 Å². The molecule has 0 aliphatic heterocycles. The highest BCUT2D eigenvalue weighted by Crippen LogP contribution is 2.30. The maximum absolute atomic E-state index is 11.4. The lowest BCUT2D eigenvalue weighted by Crippen LogP contribution is -2.10. The molecule has 7 nitrogen and oxygen atoms in total. The van der Waals surface area contributed by atoms with Gasteiger partial charge in [0.15, 0.2) is 5.75 Å². The molecule has 0 saturated carbocycles. The highest BCUT2D eigenvalue weighted by atomic mass is 16.5. The third-order valence-electron chi connectivity index (χ3n) is 3.43. The van der Waals surface area contributed by atoms with Crippen molar-refractivity contribution in [2.75, 3.05) is 13.7 Å². The zero-order chi connectivity index (χ0) is 17.6. The van der Waals surface area contributed by atoms with Crippen molar-refractivity contribution in [1.29, 1.82) is 0 Å². The Balaban J connectivity index is 1.78. The lowest BCUT2D eigenvalue weighted by Gasteiger charge is -2.09. The number of ether oxygens (including phenoxy) is 3. The van der Waals surface area contributed by atoms with Gasteiger partial charge in [0.25, 0.3) is 0 Å². The molecular formula is C18H17N3O4. The van der Waals surface area contributed by atoms with Crippen LogP contribution < -0.4 is 9.47 Å². The average Bonchev–Trinajstić information content (AvgIpc) is 2.63. The fraction of sp³-hybridized carbons (Fsp3) is 0.222. The van der Waals surface area contributed by atoms with Gasteiger partial charge in [0.05, 0.1) is 31.6 Å². The summed E-state index contributed by atoms with van der Waals surface area (Å²) in [5.41, 5.74) is 0.761. The summed E-state index contributed by atoms with van der Waals surface area (Å²) in [6, 6.07) is 7.32. The Morgan fingerprint density at radius 3 is 2.60 bits per heavy atom. The van der Waals surface area contributed by atoms with Crippen LogP contribution in [0.1, 0.15) is 12.7 Å². The van der Waals surface area contributed by atoms with Gasteiger partial charge in [-0.3, -0.25) is 9.78 Å². The third-order valence-corrected chi connectivity index (χ3v) is 3.43. The molecular weight excluding hydrogens is 322 g/mol. The van der Waals surface area contributed by atoms with Crippen LogP contribution in [0.4, 0.5) is 0 Å². The maximum atomic E-state index is 11.4. The van der Waals surface area contributed by atoms with E-state index in [-0.39, 0.29) is 12.4 Å². The number of esters is 1. The van der Waals surface area contributed by atoms with Crippen LogP contribution in [0.3, 0.4) is 0 Å². The van der Waals surface area contributed by atoms with Crippen molar-refractivity contribution in [3.8, 4) is 17.2 Å². The van der Waals surface area contributed by atoms with E-state index in [1.165, 1.54) is 12.4 Å². The Labute approximate surface area is 144 Å². The summed E-state index contributed by atoms with van der Waals surface area (Å²) in [5.74, 6) is 1.86. The summed E-state index contributed by atoms with van der Waals surface area (Å²) < 4.78 is 15.9. The van der Waals surface area contributed by atoms with Gasteiger partial charge in [-0.15, -0.1) is 0 Å². The Kier molecular flexibility index (Phi) is 5.03. The van der Waals surface area contributed by atoms with Crippen LogP contribution in [-0.2, 0) is 16.0 Å². The van der Waals surface area contributed by atoms with E-state index in [1.54, 1.807) is 26.3 Å². The van der Waals surface area contributed by atoms with E-state index in [0.717, 1.165) is 16.7 Å². The molecule has 1 aromatic carbocycles. The number of benzene rings is 1. The van der Waals surface area contributed by atoms with Crippen LogP contribution in [0.5, 0.6) is 17.2 Å². The van der Waals surface area contributed by atoms with Gasteiger partial charge < -0.3 is 14.2 Å². The number of methoxy groups -OCH3 is 1. The molecule has 0 fully saturated rings. The predicted molar refractivity (Wildman–Crippen MR) is 90.7 cm³/mol. The Hall–Kier alpha value is -3.22. The van der Waals surface area contributed by atoms with E-state index in [0.29, 0.717) is 23.9 Å². The quantitative estimate of drug-likeness (QED) is 0.638. The average molecular weight is 339 g/mol. The molecule has 7 heteroatoms. The SMILES string of the molecule is CCOC(=O)Cc1ncc(Oc2ccnc3cc(OC)ccc23)cn1. The largest absolute Gasteiger partial charge is 0.497 e. The fourth-order valence-corrected chi connectivity index (χ4v) is 2.27. The van der Waals surface area contributed by atoms with Crippen LogP contribution in [0.15, 0.2) is 42.9 Å². The van der Waals surface area contributed by atoms with Gasteiger partial charge in [0, 0.05) is 17.6 Å². The highest BCUT2D eigenvalue weighted by molar-refractivity contribution is 5.86. The molecule has 128 valence electrons. The van der Waals surface area contributed by atoms with Crippen LogP contribution >= 0.6 is 0 Å². The number of aromatic nitrogens is 3. The summed E-state index contributed by atoms with van der Waals surface area (Å²) in [6.07, 6.45) is 4.74. The maximum Gasteiger partial charge on any atom is 0.313 e. The minimum Gasteiger partial charge on any atom is -0.497 e. The van der Waals surface area contributed by atoms with Gasteiger partial charge >= 0.3 is 5.97 Å². The van der Waals surface area contributed by atoms with Gasteiger partial charge in [-0.25, -0.2) is 9.97 Å². The monoisotopic (exact) mass is 339 g/mol. The zero-order valence-electron chi connectivity index (χ0n) is 13.9. The number of hydrogen-bond donors (Lipinski definition) is 0. The first-order valence-corrected chi connectivity index (χ1v) is 7.76. The number of pyridine rings is 1. The molecule has 0 spiro atoms. The van der Waals surface area contributed by atoms with Crippen molar-refractivity contribution in [3.63, 3.8) is 0 Å². The Morgan fingerprint density at radius 1 is 1.08 bits per heavy atom. The van der Waals surface area contributed by atoms with Crippen molar-refractivity contribution < 1.29 is 19.0 Å². The minimum atomic E-state index is -0.356. The van der Waals surface area contributed by atoms with E-state index in [4.69, 9.17) is 14.2 Å². The number of rotatable bonds is 6. The molecule has 0 atom stereocenters. The van der Waals surface area contributed by atoms with Gasteiger partial charge in [0.1, 0.15) is 23.7 Å². The molecule has 3 aromatic rings. The summed E-state index contributed by atoms with van der Waals surface area (Å²) in [6.45, 7) is 2.09. The normalized spacial score (nSPS) is 10.5. The van der Waals surface area contributed by atoms with E-state index in [2.05, 4.69) is 15.0 Å². The molecule has 2 heterocycles. The summed E-state index contributed by atoms with van der Waals surface area (Å²) in [7, 11) is 1.61. The topological polar surface area (TPSA) is 83.4 Å². The minimum absolute atomic E-state index is 0.0338. The van der Waals surface area contributed by atoms with E-state index < -0.39 is 0 Å². The zero-order valence-corrected chi connectivity index (χ0v) is 13.9. The second kappa shape index (κ2) is 7.57. The van der Waals surface area contributed by atoms with Gasteiger partial charge in [0.2, 0.25) is 0 Å². The van der Waals surface area contributed by atoms with Gasteiger partial charge in [-0.2, -0.15) is 0 Å². The molecule has 25 heavy (non-hydrogen) atoms. The summed E-state index contributed by atoms with van der Waals surface area (Å²) in [4.78, 5) is 24.0. The third kappa shape index (κ3) is 4.00. The molecule has 0 N–H and O–H groups in total. The van der Waals surface area contributed by atoms with Crippen LogP contribution in [0.25, 0.3) is 10.9 Å². The summed E-state index contributed by atoms with van der Waals surface area (Å²) in [5, 5.41) is 0.846. The van der Waals surface area contributed by atoms with E-state index in [9.17, 15) is 4.79 Å². The van der Waals surface area contributed by atoms with Crippen molar-refractivity contribution in [2.24, 2.45) is 0 Å². The molecule has 0 aliphatic rings. The molecule has 3 rings (SSSR count). The molecule has 0 unspecified atom stereocenters. The number of fused-ring (bicyclic) bond motifs is 1. The van der Waals surface area contributed by atoms with Gasteiger partial charge in [-0.05, 0) is 25.1 Å². The van der Waals surface area contributed by atoms with Crippen molar-refractivity contribution in [3.05, 3.63) is 48.7 Å². The molecule has 0 aliphatic carbocycles. The number of carbonyl (C=O) groups is 1. The number of carbonyl (C=O) groups excluding carboxylic acids is 1. The lowest BCUT2D eigenvalue weighted by molar-refractivity contribution is -0.142. The smallest absolute Gasteiger partial charge is 0.313 e. The van der Waals surface area contributed by atoms with Crippen molar-refractivity contribution >= 4 is 16.9 Å². The second-order valence-corrected chi connectivity index (χ2v) is 5.11. The van der Waals surface area contributed by atoms with E-state index in [1.807, 2.05) is 18.2 Å². The molecule has 0 saturated heterocycles. The lowest BCUT2D eigenvalue weighted by atomic mass is 10.2. The van der Waals surface area contributed by atoms with Crippen LogP contribution in [0.2, 0.25) is 0 Å². The van der Waals surface area contributed by atoms with Crippen LogP contribution in [0, 0.1) is 0 Å². The predicted octanol–water partition coefficient (Wildman–Crippen LogP) is 2.93. The Bertz CT molecular complexity index is 881. The first-order valence-electron chi connectivity index (χ1n) is 7.76. The first kappa shape index (κ1) is 16.6. The molecule has 0 radical (unpaired) electrons. The first-order chi connectivity index (χ1) is 12.2. The van der Waals surface area contributed by atoms with Crippen molar-refractivity contribution in [1.82, 2.24) is 15.0 Å². The number of hydrogen-bond acceptors (Lipinski definition) is 7. The molecule has 0 bridgehead atoms.